The Hall–Kier alpha value is 0.210. The topological polar surface area (TPSA) is 21.3 Å². The summed E-state index contributed by atoms with van der Waals surface area (Å²) in [6.07, 6.45) is 3.71. The van der Waals surface area contributed by atoms with Gasteiger partial charge in [-0.15, -0.1) is 11.6 Å². The second kappa shape index (κ2) is 5.90. The van der Waals surface area contributed by atoms with E-state index in [1.165, 1.54) is 0 Å². The van der Waals surface area contributed by atoms with Crippen molar-refractivity contribution in [2.75, 3.05) is 12.4 Å². The maximum absolute atomic E-state index is 5.99. The van der Waals surface area contributed by atoms with Gasteiger partial charge in [-0.25, -0.2) is 0 Å². The van der Waals surface area contributed by atoms with Gasteiger partial charge in [0.1, 0.15) is 0 Å². The summed E-state index contributed by atoms with van der Waals surface area (Å²) in [4.78, 5) is 0. The second-order valence-corrected chi connectivity index (χ2v) is 7.22. The predicted octanol–water partition coefficient (Wildman–Crippen LogP) is 3.58. The average molecular weight is 262 g/mol. The lowest BCUT2D eigenvalue weighted by Crippen LogP contribution is -2.44. The number of halogens is 1. The van der Waals surface area contributed by atoms with Crippen LogP contribution in [0.25, 0.3) is 0 Å². The number of hydrogen-bond donors (Lipinski definition) is 1. The molecular formula is C14H28ClNO. The highest BCUT2D eigenvalue weighted by molar-refractivity contribution is 6.17. The van der Waals surface area contributed by atoms with E-state index < -0.39 is 0 Å². The molecule has 1 saturated heterocycles. The smallest absolute Gasteiger partial charge is 0.0707 e. The van der Waals surface area contributed by atoms with Crippen LogP contribution in [0.1, 0.15) is 53.9 Å². The molecule has 0 aliphatic carbocycles. The molecule has 2 unspecified atom stereocenters. The largest absolute Gasteiger partial charge is 0.371 e. The van der Waals surface area contributed by atoms with E-state index in [-0.39, 0.29) is 11.0 Å². The Kier molecular flexibility index (Phi) is 5.30. The van der Waals surface area contributed by atoms with Gasteiger partial charge in [0.2, 0.25) is 0 Å². The zero-order valence-electron chi connectivity index (χ0n) is 12.0. The van der Waals surface area contributed by atoms with E-state index in [4.69, 9.17) is 16.3 Å². The number of ether oxygens (including phenoxy) is 1. The summed E-state index contributed by atoms with van der Waals surface area (Å²) >= 11 is 5.87. The molecule has 17 heavy (non-hydrogen) atoms. The van der Waals surface area contributed by atoms with Crippen molar-refractivity contribution < 1.29 is 4.74 Å². The summed E-state index contributed by atoms with van der Waals surface area (Å²) in [6, 6.07) is 0.465. The zero-order valence-corrected chi connectivity index (χ0v) is 12.7. The molecule has 0 aromatic heterocycles. The van der Waals surface area contributed by atoms with Gasteiger partial charge in [0.25, 0.3) is 0 Å². The first-order chi connectivity index (χ1) is 7.74. The summed E-state index contributed by atoms with van der Waals surface area (Å²) < 4.78 is 5.99. The Morgan fingerprint density at radius 2 is 2.06 bits per heavy atom. The zero-order chi connectivity index (χ0) is 13.1. The minimum absolute atomic E-state index is 0.0655. The summed E-state index contributed by atoms with van der Waals surface area (Å²) in [5, 5.41) is 3.63. The highest BCUT2D eigenvalue weighted by Crippen LogP contribution is 2.29. The van der Waals surface area contributed by atoms with Gasteiger partial charge in [-0.2, -0.15) is 0 Å². The molecule has 2 atom stereocenters. The molecule has 1 fully saturated rings. The van der Waals surface area contributed by atoms with Crippen LogP contribution in [0.5, 0.6) is 0 Å². The third-order valence-corrected chi connectivity index (χ3v) is 3.81. The van der Waals surface area contributed by atoms with E-state index in [1.54, 1.807) is 0 Å². The number of alkyl halides is 1. The number of rotatable bonds is 5. The van der Waals surface area contributed by atoms with Crippen LogP contribution in [-0.4, -0.2) is 30.2 Å². The molecule has 1 N–H and O–H groups in total. The van der Waals surface area contributed by atoms with Crippen molar-refractivity contribution in [1.29, 1.82) is 0 Å². The summed E-state index contributed by atoms with van der Waals surface area (Å²) in [6.45, 7) is 12.1. The molecule has 0 radical (unpaired) electrons. The summed E-state index contributed by atoms with van der Waals surface area (Å²) in [7, 11) is 0. The maximum Gasteiger partial charge on any atom is 0.0707 e. The van der Waals surface area contributed by atoms with Crippen molar-refractivity contribution >= 4 is 11.6 Å². The third kappa shape index (κ3) is 5.15. The van der Waals surface area contributed by atoms with Crippen molar-refractivity contribution in [2.45, 2.75) is 71.6 Å². The lowest BCUT2D eigenvalue weighted by Gasteiger charge is -2.32. The first-order valence-corrected chi connectivity index (χ1v) is 7.25. The van der Waals surface area contributed by atoms with Crippen LogP contribution in [-0.2, 0) is 4.74 Å². The van der Waals surface area contributed by atoms with Crippen molar-refractivity contribution in [1.82, 2.24) is 5.32 Å². The van der Waals surface area contributed by atoms with Crippen LogP contribution in [0.4, 0.5) is 0 Å². The van der Waals surface area contributed by atoms with E-state index >= 15 is 0 Å². The molecule has 1 aliphatic rings. The normalized spacial score (nSPS) is 26.1. The molecule has 2 nitrogen and oxygen atoms in total. The fraction of sp³-hybridized carbons (Fsp3) is 1.00. The molecule has 0 aromatic rings. The monoisotopic (exact) mass is 261 g/mol. The van der Waals surface area contributed by atoms with Crippen molar-refractivity contribution in [3.05, 3.63) is 0 Å². The third-order valence-electron chi connectivity index (χ3n) is 3.59. The van der Waals surface area contributed by atoms with Crippen molar-refractivity contribution in [2.24, 2.45) is 5.41 Å². The van der Waals surface area contributed by atoms with Crippen molar-refractivity contribution in [3.63, 3.8) is 0 Å². The minimum Gasteiger partial charge on any atom is -0.371 e. The molecule has 0 saturated carbocycles. The van der Waals surface area contributed by atoms with Gasteiger partial charge < -0.3 is 10.1 Å². The van der Waals surface area contributed by atoms with Gasteiger partial charge in [0.05, 0.1) is 11.7 Å². The van der Waals surface area contributed by atoms with E-state index in [0.29, 0.717) is 18.0 Å². The van der Waals surface area contributed by atoms with Crippen LogP contribution >= 0.6 is 11.6 Å². The standard InChI is InChI=1S/C14H28ClNO/c1-13(2,3)12(7-9-15)16-10-11-6-8-14(4,5)17-11/h11-12,16H,6-10H2,1-5H3. The number of nitrogens with one attached hydrogen (secondary N) is 1. The van der Waals surface area contributed by atoms with Crippen LogP contribution in [0.15, 0.2) is 0 Å². The minimum atomic E-state index is 0.0655. The van der Waals surface area contributed by atoms with Crippen LogP contribution in [0, 0.1) is 5.41 Å². The molecule has 1 aliphatic heterocycles. The molecule has 1 heterocycles. The van der Waals surface area contributed by atoms with Gasteiger partial charge in [-0.05, 0) is 38.5 Å². The molecule has 0 aromatic carbocycles. The predicted molar refractivity (Wildman–Crippen MR) is 74.8 cm³/mol. The van der Waals surface area contributed by atoms with E-state index in [1.807, 2.05) is 0 Å². The highest BCUT2D eigenvalue weighted by atomic mass is 35.5. The molecule has 0 spiro atoms. The molecular weight excluding hydrogens is 234 g/mol. The van der Waals surface area contributed by atoms with Gasteiger partial charge in [0, 0.05) is 18.5 Å². The SMILES string of the molecule is CC1(C)CCC(CNC(CCCl)C(C)(C)C)O1. The first kappa shape index (κ1) is 15.3. The molecule has 102 valence electrons. The number of hydrogen-bond acceptors (Lipinski definition) is 2. The molecule has 0 bridgehead atoms. The molecule has 1 rings (SSSR count). The van der Waals surface area contributed by atoms with E-state index in [2.05, 4.69) is 39.9 Å². The lowest BCUT2D eigenvalue weighted by molar-refractivity contribution is -0.0165. The quantitative estimate of drug-likeness (QED) is 0.764. The van der Waals surface area contributed by atoms with Gasteiger partial charge >= 0.3 is 0 Å². The Balaban J connectivity index is 2.37. The van der Waals surface area contributed by atoms with Crippen LogP contribution in [0.3, 0.4) is 0 Å². The molecule has 0 amide bonds. The lowest BCUT2D eigenvalue weighted by atomic mass is 9.85. The fourth-order valence-electron chi connectivity index (χ4n) is 2.45. The van der Waals surface area contributed by atoms with E-state index in [9.17, 15) is 0 Å². The Bertz CT molecular complexity index is 235. The summed E-state index contributed by atoms with van der Waals surface area (Å²) in [5.41, 5.74) is 0.319. The van der Waals surface area contributed by atoms with E-state index in [0.717, 1.165) is 25.8 Å². The maximum atomic E-state index is 5.99. The fourth-order valence-corrected chi connectivity index (χ4v) is 2.66. The Labute approximate surface area is 111 Å². The average Bonchev–Trinajstić information content (AvgIpc) is 2.51. The highest BCUT2D eigenvalue weighted by Gasteiger charge is 2.32. The van der Waals surface area contributed by atoms with Gasteiger partial charge in [-0.3, -0.25) is 0 Å². The molecule has 3 heteroatoms. The first-order valence-electron chi connectivity index (χ1n) is 6.72. The van der Waals surface area contributed by atoms with Gasteiger partial charge in [-0.1, -0.05) is 20.8 Å². The second-order valence-electron chi connectivity index (χ2n) is 6.84. The van der Waals surface area contributed by atoms with Gasteiger partial charge in [0.15, 0.2) is 0 Å². The van der Waals surface area contributed by atoms with Crippen molar-refractivity contribution in [3.8, 4) is 0 Å². The van der Waals surface area contributed by atoms with Crippen LogP contribution < -0.4 is 5.32 Å². The summed E-state index contributed by atoms with van der Waals surface area (Å²) in [5.74, 6) is 0.714. The Morgan fingerprint density at radius 3 is 2.47 bits per heavy atom. The Morgan fingerprint density at radius 1 is 1.41 bits per heavy atom. The van der Waals surface area contributed by atoms with Crippen LogP contribution in [0.2, 0.25) is 0 Å².